The van der Waals surface area contributed by atoms with Crippen LogP contribution in [0.5, 0.6) is 0 Å². The quantitative estimate of drug-likeness (QED) is 0.859. The summed E-state index contributed by atoms with van der Waals surface area (Å²) in [5, 5.41) is 8.67. The van der Waals surface area contributed by atoms with E-state index in [4.69, 9.17) is 11.0 Å². The van der Waals surface area contributed by atoms with Gasteiger partial charge >= 0.3 is 6.18 Å². The van der Waals surface area contributed by atoms with Gasteiger partial charge in [0, 0.05) is 5.56 Å². The lowest BCUT2D eigenvalue weighted by Crippen LogP contribution is -2.08. The third-order valence-corrected chi connectivity index (χ3v) is 2.41. The maximum absolute atomic E-state index is 12.8. The molecule has 0 saturated heterocycles. The van der Waals surface area contributed by atoms with Crippen LogP contribution in [0.4, 0.5) is 19.0 Å². The van der Waals surface area contributed by atoms with E-state index in [0.717, 1.165) is 12.3 Å². The van der Waals surface area contributed by atoms with Crippen molar-refractivity contribution in [2.45, 2.75) is 6.18 Å². The minimum absolute atomic E-state index is 0.0215. The first-order valence-corrected chi connectivity index (χ1v) is 5.12. The molecule has 0 bridgehead atoms. The summed E-state index contributed by atoms with van der Waals surface area (Å²) in [7, 11) is 0. The molecule has 7 heteroatoms. The minimum Gasteiger partial charge on any atom is -0.382 e. The number of nitrogens with two attached hydrogens (primary N) is 1. The number of nitriles is 1. The van der Waals surface area contributed by atoms with E-state index in [9.17, 15) is 13.2 Å². The molecule has 0 aliphatic heterocycles. The van der Waals surface area contributed by atoms with E-state index in [1.165, 1.54) is 18.2 Å². The molecule has 4 nitrogen and oxygen atoms in total. The van der Waals surface area contributed by atoms with Gasteiger partial charge in [0.2, 0.25) is 0 Å². The van der Waals surface area contributed by atoms with Gasteiger partial charge in [0.25, 0.3) is 0 Å². The Labute approximate surface area is 106 Å². The van der Waals surface area contributed by atoms with Crippen LogP contribution in [0, 0.1) is 11.3 Å². The Bertz CT molecular complexity index is 659. The second-order valence-electron chi connectivity index (χ2n) is 3.65. The van der Waals surface area contributed by atoms with Gasteiger partial charge in [-0.25, -0.2) is 9.97 Å². The molecule has 19 heavy (non-hydrogen) atoms. The van der Waals surface area contributed by atoms with Crippen molar-refractivity contribution < 1.29 is 13.2 Å². The third-order valence-electron chi connectivity index (χ3n) is 2.41. The highest BCUT2D eigenvalue weighted by molar-refractivity contribution is 5.63. The van der Waals surface area contributed by atoms with Crippen molar-refractivity contribution in [1.82, 2.24) is 9.97 Å². The van der Waals surface area contributed by atoms with Crippen LogP contribution in [0.15, 0.2) is 30.5 Å². The Morgan fingerprint density at radius 1 is 1.21 bits per heavy atom. The average molecular weight is 264 g/mol. The number of nitrogen functional groups attached to an aromatic ring is 1. The van der Waals surface area contributed by atoms with Crippen molar-refractivity contribution in [3.8, 4) is 17.5 Å². The molecule has 0 amide bonds. The molecule has 0 saturated carbocycles. The molecule has 1 heterocycles. The summed E-state index contributed by atoms with van der Waals surface area (Å²) in [5.41, 5.74) is 4.47. The fourth-order valence-corrected chi connectivity index (χ4v) is 1.54. The first kappa shape index (κ1) is 12.8. The van der Waals surface area contributed by atoms with Gasteiger partial charge in [0.15, 0.2) is 5.82 Å². The van der Waals surface area contributed by atoms with Gasteiger partial charge in [-0.2, -0.15) is 18.4 Å². The highest BCUT2D eigenvalue weighted by Crippen LogP contribution is 2.35. The smallest absolute Gasteiger partial charge is 0.382 e. The van der Waals surface area contributed by atoms with E-state index in [2.05, 4.69) is 9.97 Å². The van der Waals surface area contributed by atoms with Crippen LogP contribution >= 0.6 is 0 Å². The molecule has 1 aromatic carbocycles. The van der Waals surface area contributed by atoms with Gasteiger partial charge in [-0.15, -0.1) is 0 Å². The summed E-state index contributed by atoms with van der Waals surface area (Å²) in [6.45, 7) is 0. The first-order chi connectivity index (χ1) is 8.93. The van der Waals surface area contributed by atoms with E-state index in [0.29, 0.717) is 0 Å². The van der Waals surface area contributed by atoms with Crippen LogP contribution in [0.25, 0.3) is 11.4 Å². The summed E-state index contributed by atoms with van der Waals surface area (Å²) in [6, 6.07) is 6.66. The summed E-state index contributed by atoms with van der Waals surface area (Å²) in [5.74, 6) is -0.311. The highest BCUT2D eigenvalue weighted by atomic mass is 19.4. The van der Waals surface area contributed by atoms with Gasteiger partial charge in [0.1, 0.15) is 17.5 Å². The average Bonchev–Trinajstić information content (AvgIpc) is 2.37. The van der Waals surface area contributed by atoms with Crippen molar-refractivity contribution in [1.29, 1.82) is 5.26 Å². The normalized spacial score (nSPS) is 11.1. The van der Waals surface area contributed by atoms with Gasteiger partial charge in [-0.3, -0.25) is 0 Å². The predicted octanol–water partition coefficient (Wildman–Crippen LogP) is 2.62. The van der Waals surface area contributed by atoms with Crippen LogP contribution < -0.4 is 5.73 Å². The van der Waals surface area contributed by atoms with Crippen molar-refractivity contribution in [2.75, 3.05) is 5.73 Å². The van der Waals surface area contributed by atoms with Gasteiger partial charge in [0.05, 0.1) is 11.8 Å². The van der Waals surface area contributed by atoms with Crippen molar-refractivity contribution in [2.24, 2.45) is 0 Å². The lowest BCUT2D eigenvalue weighted by atomic mass is 10.1. The molecule has 0 aliphatic rings. The van der Waals surface area contributed by atoms with Gasteiger partial charge in [-0.05, 0) is 6.07 Å². The molecular formula is C12H7F3N4. The van der Waals surface area contributed by atoms with Crippen LogP contribution in [0.3, 0.4) is 0 Å². The Morgan fingerprint density at radius 2 is 1.89 bits per heavy atom. The number of rotatable bonds is 1. The third kappa shape index (κ3) is 2.47. The summed E-state index contributed by atoms with van der Waals surface area (Å²) in [6.07, 6.45) is -3.41. The molecule has 0 atom stereocenters. The lowest BCUT2D eigenvalue weighted by Gasteiger charge is -2.11. The number of alkyl halides is 3. The molecule has 0 spiro atoms. The fraction of sp³-hybridized carbons (Fsp3) is 0.0833. The fourth-order valence-electron chi connectivity index (χ4n) is 1.54. The lowest BCUT2D eigenvalue weighted by molar-refractivity contribution is -0.137. The molecule has 1 aromatic heterocycles. The van der Waals surface area contributed by atoms with E-state index in [1.807, 2.05) is 0 Å². The molecule has 0 fully saturated rings. The molecular weight excluding hydrogens is 257 g/mol. The van der Waals surface area contributed by atoms with Crippen molar-refractivity contribution in [3.63, 3.8) is 0 Å². The SMILES string of the molecule is N#Cc1cnc(-c2ccccc2C(F)(F)F)nc1N. The molecule has 2 aromatic rings. The highest BCUT2D eigenvalue weighted by Gasteiger charge is 2.34. The zero-order valence-electron chi connectivity index (χ0n) is 9.44. The number of benzene rings is 1. The zero-order chi connectivity index (χ0) is 14.0. The van der Waals surface area contributed by atoms with Gasteiger partial charge in [-0.1, -0.05) is 18.2 Å². The predicted molar refractivity (Wildman–Crippen MR) is 61.6 cm³/mol. The van der Waals surface area contributed by atoms with Gasteiger partial charge < -0.3 is 5.73 Å². The van der Waals surface area contributed by atoms with Crippen LogP contribution in [-0.2, 0) is 6.18 Å². The number of nitrogens with zero attached hydrogens (tertiary/aromatic N) is 3. The van der Waals surface area contributed by atoms with Crippen molar-refractivity contribution in [3.05, 3.63) is 41.6 Å². The van der Waals surface area contributed by atoms with Crippen LogP contribution in [0.2, 0.25) is 0 Å². The van der Waals surface area contributed by atoms with E-state index in [-0.39, 0.29) is 22.8 Å². The summed E-state index contributed by atoms with van der Waals surface area (Å²) >= 11 is 0. The minimum atomic E-state index is -4.51. The number of halogens is 3. The molecule has 2 N–H and O–H groups in total. The maximum Gasteiger partial charge on any atom is 0.417 e. The van der Waals surface area contributed by atoms with Crippen LogP contribution in [0.1, 0.15) is 11.1 Å². The van der Waals surface area contributed by atoms with Crippen molar-refractivity contribution >= 4 is 5.82 Å². The summed E-state index contributed by atoms with van der Waals surface area (Å²) in [4.78, 5) is 7.47. The van der Waals surface area contributed by atoms with E-state index in [1.54, 1.807) is 6.07 Å². The standard InChI is InChI=1S/C12H7F3N4/c13-12(14,15)9-4-2-1-3-8(9)11-18-6-7(5-16)10(17)19-11/h1-4,6H,(H2,17,18,19). The summed E-state index contributed by atoms with van der Waals surface area (Å²) < 4.78 is 38.5. The number of hydrogen-bond donors (Lipinski definition) is 1. The van der Waals surface area contributed by atoms with E-state index < -0.39 is 11.7 Å². The van der Waals surface area contributed by atoms with E-state index >= 15 is 0 Å². The first-order valence-electron chi connectivity index (χ1n) is 5.12. The maximum atomic E-state index is 12.8. The Morgan fingerprint density at radius 3 is 2.47 bits per heavy atom. The largest absolute Gasteiger partial charge is 0.417 e. The molecule has 0 radical (unpaired) electrons. The molecule has 96 valence electrons. The molecule has 2 rings (SSSR count). The number of anilines is 1. The number of hydrogen-bond acceptors (Lipinski definition) is 4. The van der Waals surface area contributed by atoms with Crippen LogP contribution in [-0.4, -0.2) is 9.97 Å². The second-order valence-corrected chi connectivity index (χ2v) is 3.65. The Kier molecular flexibility index (Phi) is 3.09. The zero-order valence-corrected chi connectivity index (χ0v) is 9.44. The topological polar surface area (TPSA) is 75.6 Å². The molecule has 0 aliphatic carbocycles. The Balaban J connectivity index is 2.61. The Hall–Kier alpha value is -2.62. The second kappa shape index (κ2) is 4.57. The number of aromatic nitrogens is 2. The molecule has 0 unspecified atom stereocenters. The monoisotopic (exact) mass is 264 g/mol.